The number of piperidine rings is 1. The van der Waals surface area contributed by atoms with Crippen LogP contribution in [-0.2, 0) is 0 Å². The van der Waals surface area contributed by atoms with Crippen molar-refractivity contribution in [2.45, 2.75) is 51.4 Å². The maximum absolute atomic E-state index is 12.5. The van der Waals surface area contributed by atoms with Gasteiger partial charge in [-0.25, -0.2) is 4.98 Å². The van der Waals surface area contributed by atoms with Crippen molar-refractivity contribution >= 4 is 22.9 Å². The van der Waals surface area contributed by atoms with Crippen molar-refractivity contribution in [1.82, 2.24) is 14.8 Å². The Balaban J connectivity index is 1.41. The number of aromatic nitrogens is 1. The molecular formula is C24H33F3N6O3. The van der Waals surface area contributed by atoms with Gasteiger partial charge >= 0.3 is 6.18 Å². The lowest BCUT2D eigenvalue weighted by atomic mass is 9.98. The summed E-state index contributed by atoms with van der Waals surface area (Å²) < 4.78 is 37.5. The first-order chi connectivity index (χ1) is 17.1. The fourth-order valence-electron chi connectivity index (χ4n) is 5.24. The highest BCUT2D eigenvalue weighted by molar-refractivity contribution is 5.79. The third-order valence-corrected chi connectivity index (χ3v) is 7.26. The Bertz CT molecular complexity index is 1130. The van der Waals surface area contributed by atoms with Gasteiger partial charge in [0, 0.05) is 37.8 Å². The minimum absolute atomic E-state index is 0.108. The standard InChI is InChI=1S/C24H33F3N6O3/c1-3-16-13-32(9-10-33(16)17-5-7-31(4-2)8-6-17)23-18(34)11-15(12-28-23)30-20-19(21(35)22(20)36)29-14-24(25,26)27/h11-12,16-17,29-30,34H,3-10,13-14H2,1-2H3. The lowest BCUT2D eigenvalue weighted by molar-refractivity contribution is -0.115. The van der Waals surface area contributed by atoms with E-state index in [4.69, 9.17) is 0 Å². The Morgan fingerprint density at radius 3 is 2.39 bits per heavy atom. The van der Waals surface area contributed by atoms with Gasteiger partial charge in [0.25, 0.3) is 10.9 Å². The van der Waals surface area contributed by atoms with Gasteiger partial charge in [0.2, 0.25) is 0 Å². The number of hydrogen-bond donors (Lipinski definition) is 3. The Morgan fingerprint density at radius 1 is 1.08 bits per heavy atom. The van der Waals surface area contributed by atoms with Crippen molar-refractivity contribution in [3.05, 3.63) is 32.7 Å². The van der Waals surface area contributed by atoms with Gasteiger partial charge in [0.1, 0.15) is 17.9 Å². The SMILES string of the molecule is CCC1CN(c2ncc(Nc3c(NCC(F)(F)F)c(=O)c3=O)cc2O)CCN1C1CCN(CC)CC1. The van der Waals surface area contributed by atoms with Crippen LogP contribution in [0.3, 0.4) is 0 Å². The van der Waals surface area contributed by atoms with Gasteiger partial charge in [-0.3, -0.25) is 14.5 Å². The third kappa shape index (κ3) is 5.59. The number of hydrogen-bond acceptors (Lipinski definition) is 9. The van der Waals surface area contributed by atoms with Crippen molar-refractivity contribution in [3.8, 4) is 5.75 Å². The molecule has 0 spiro atoms. The Kier molecular flexibility index (Phi) is 7.74. The van der Waals surface area contributed by atoms with Gasteiger partial charge < -0.3 is 25.5 Å². The number of nitrogens with zero attached hydrogens (tertiary/aromatic N) is 4. The molecule has 2 aliphatic rings. The van der Waals surface area contributed by atoms with E-state index in [1.54, 1.807) is 0 Å². The second-order valence-corrected chi connectivity index (χ2v) is 9.48. The smallest absolute Gasteiger partial charge is 0.405 e. The topological polar surface area (TPSA) is 101 Å². The molecule has 2 fully saturated rings. The molecule has 4 rings (SSSR count). The number of piperazine rings is 1. The van der Waals surface area contributed by atoms with Crippen LogP contribution in [0.5, 0.6) is 5.75 Å². The minimum atomic E-state index is -4.54. The van der Waals surface area contributed by atoms with E-state index >= 15 is 0 Å². The van der Waals surface area contributed by atoms with Crippen LogP contribution in [0.2, 0.25) is 0 Å². The van der Waals surface area contributed by atoms with Crippen LogP contribution < -0.4 is 26.4 Å². The summed E-state index contributed by atoms with van der Waals surface area (Å²) in [5, 5.41) is 15.3. The molecule has 1 unspecified atom stereocenters. The van der Waals surface area contributed by atoms with E-state index in [0.717, 1.165) is 52.0 Å². The van der Waals surface area contributed by atoms with Crippen LogP contribution in [0.4, 0.5) is 36.1 Å². The Hall–Kier alpha value is -2.86. The van der Waals surface area contributed by atoms with Crippen molar-refractivity contribution in [2.24, 2.45) is 0 Å². The summed E-state index contributed by atoms with van der Waals surface area (Å²) in [5.41, 5.74) is -2.43. The monoisotopic (exact) mass is 510 g/mol. The van der Waals surface area contributed by atoms with Gasteiger partial charge in [-0.1, -0.05) is 13.8 Å². The summed E-state index contributed by atoms with van der Waals surface area (Å²) in [6, 6.07) is 2.26. The maximum Gasteiger partial charge on any atom is 0.405 e. The average molecular weight is 511 g/mol. The van der Waals surface area contributed by atoms with Crippen molar-refractivity contribution in [3.63, 3.8) is 0 Å². The molecule has 1 aromatic carbocycles. The molecule has 2 saturated heterocycles. The van der Waals surface area contributed by atoms with Crippen LogP contribution in [0.1, 0.15) is 33.1 Å². The molecule has 0 radical (unpaired) electrons. The zero-order chi connectivity index (χ0) is 26.0. The molecule has 1 atom stereocenters. The largest absolute Gasteiger partial charge is 0.504 e. The first kappa shape index (κ1) is 26.2. The molecule has 3 heterocycles. The number of alkyl halides is 3. The van der Waals surface area contributed by atoms with Gasteiger partial charge in [-0.2, -0.15) is 13.2 Å². The van der Waals surface area contributed by atoms with E-state index in [1.807, 2.05) is 10.2 Å². The molecule has 198 valence electrons. The van der Waals surface area contributed by atoms with E-state index < -0.39 is 29.3 Å². The zero-order valence-corrected chi connectivity index (χ0v) is 20.6. The highest BCUT2D eigenvalue weighted by atomic mass is 19.4. The van der Waals surface area contributed by atoms with Crippen molar-refractivity contribution in [1.29, 1.82) is 0 Å². The van der Waals surface area contributed by atoms with Crippen LogP contribution >= 0.6 is 0 Å². The van der Waals surface area contributed by atoms with Crippen LogP contribution in [-0.4, -0.2) is 84.0 Å². The van der Waals surface area contributed by atoms with E-state index in [2.05, 4.69) is 33.9 Å². The first-order valence-electron chi connectivity index (χ1n) is 12.4. The lowest BCUT2D eigenvalue weighted by Crippen LogP contribution is -2.58. The number of aromatic hydroxyl groups is 1. The van der Waals surface area contributed by atoms with Crippen molar-refractivity contribution < 1.29 is 18.3 Å². The van der Waals surface area contributed by atoms with Crippen LogP contribution in [0.25, 0.3) is 0 Å². The number of halogens is 3. The number of rotatable bonds is 8. The molecule has 9 nitrogen and oxygen atoms in total. The highest BCUT2D eigenvalue weighted by Gasteiger charge is 2.34. The minimum Gasteiger partial charge on any atom is -0.504 e. The van der Waals surface area contributed by atoms with E-state index in [9.17, 15) is 27.9 Å². The normalized spacial score (nSPS) is 20.7. The number of anilines is 4. The molecule has 12 heteroatoms. The van der Waals surface area contributed by atoms with Gasteiger partial charge in [0.05, 0.1) is 11.9 Å². The molecule has 36 heavy (non-hydrogen) atoms. The van der Waals surface area contributed by atoms with Gasteiger partial charge in [-0.15, -0.1) is 0 Å². The Morgan fingerprint density at radius 2 is 1.78 bits per heavy atom. The summed E-state index contributed by atoms with van der Waals surface area (Å²) in [5.74, 6) is 0.308. The van der Waals surface area contributed by atoms with E-state index in [1.165, 1.54) is 12.3 Å². The number of likely N-dealkylation sites (tertiary alicyclic amines) is 1. The summed E-state index contributed by atoms with van der Waals surface area (Å²) in [6.07, 6.45) is 0.151. The number of pyridine rings is 1. The fourth-order valence-corrected chi connectivity index (χ4v) is 5.24. The molecular weight excluding hydrogens is 477 g/mol. The molecule has 2 aromatic rings. The molecule has 0 aliphatic carbocycles. The Labute approximate surface area is 207 Å². The van der Waals surface area contributed by atoms with Crippen LogP contribution in [0.15, 0.2) is 21.9 Å². The molecule has 2 aliphatic heterocycles. The quantitative estimate of drug-likeness (QED) is 0.463. The summed E-state index contributed by atoms with van der Waals surface area (Å²) >= 11 is 0. The van der Waals surface area contributed by atoms with Crippen LogP contribution in [0, 0.1) is 0 Å². The molecule has 1 aromatic heterocycles. The molecule has 0 amide bonds. The number of nitrogens with one attached hydrogen (secondary N) is 2. The third-order valence-electron chi connectivity index (χ3n) is 7.26. The molecule has 0 bridgehead atoms. The molecule has 3 N–H and O–H groups in total. The van der Waals surface area contributed by atoms with Crippen molar-refractivity contribution in [2.75, 3.05) is 61.3 Å². The maximum atomic E-state index is 12.5. The first-order valence-corrected chi connectivity index (χ1v) is 12.4. The summed E-state index contributed by atoms with van der Waals surface area (Å²) in [7, 11) is 0. The highest BCUT2D eigenvalue weighted by Crippen LogP contribution is 2.32. The summed E-state index contributed by atoms with van der Waals surface area (Å²) in [4.78, 5) is 35.0. The van der Waals surface area contributed by atoms with Gasteiger partial charge in [0.15, 0.2) is 11.6 Å². The fraction of sp³-hybridized carbons (Fsp3) is 0.625. The second-order valence-electron chi connectivity index (χ2n) is 9.48. The lowest BCUT2D eigenvalue weighted by Gasteiger charge is -2.47. The van der Waals surface area contributed by atoms with E-state index in [0.29, 0.717) is 24.4 Å². The second kappa shape index (κ2) is 10.6. The predicted molar refractivity (Wildman–Crippen MR) is 133 cm³/mol. The van der Waals surface area contributed by atoms with Gasteiger partial charge in [-0.05, 0) is 38.9 Å². The zero-order valence-electron chi connectivity index (χ0n) is 20.6. The summed E-state index contributed by atoms with van der Waals surface area (Å²) in [6.45, 7) is 8.55. The molecule has 0 saturated carbocycles. The van der Waals surface area contributed by atoms with E-state index in [-0.39, 0.29) is 17.1 Å². The predicted octanol–water partition coefficient (Wildman–Crippen LogP) is 2.49. The average Bonchev–Trinajstić information content (AvgIpc) is 2.87.